The summed E-state index contributed by atoms with van der Waals surface area (Å²) in [6.45, 7) is 0. The minimum absolute atomic E-state index is 0.205. The third-order valence-corrected chi connectivity index (χ3v) is 2.96. The summed E-state index contributed by atoms with van der Waals surface area (Å²) in [4.78, 5) is 12.7. The van der Waals surface area contributed by atoms with Gasteiger partial charge in [0.1, 0.15) is 0 Å². The molecule has 2 aliphatic heterocycles. The van der Waals surface area contributed by atoms with E-state index in [-0.39, 0.29) is 24.2 Å². The number of amides is 2. The van der Waals surface area contributed by atoms with Crippen molar-refractivity contribution in [1.29, 1.82) is 0 Å². The van der Waals surface area contributed by atoms with Crippen LogP contribution in [0.4, 0.5) is 4.79 Å². The highest BCUT2D eigenvalue weighted by atomic mass is 16.3. The summed E-state index contributed by atoms with van der Waals surface area (Å²) in [5.74, 6) is 0. The Morgan fingerprint density at radius 2 is 1.83 bits per heavy atom. The molecule has 2 aliphatic rings. The minimum atomic E-state index is -0.325. The van der Waals surface area contributed by atoms with Crippen LogP contribution < -0.4 is 5.73 Å². The summed E-state index contributed by atoms with van der Waals surface area (Å²) in [6.07, 6.45) is 3.20. The quantitative estimate of drug-likeness (QED) is 0.539. The van der Waals surface area contributed by atoms with Gasteiger partial charge in [0, 0.05) is 12.1 Å². The van der Waals surface area contributed by atoms with Gasteiger partial charge in [-0.15, -0.1) is 0 Å². The van der Waals surface area contributed by atoms with Crippen LogP contribution >= 0.6 is 0 Å². The number of urea groups is 1. The number of carbonyl (C=O) groups is 1. The summed E-state index contributed by atoms with van der Waals surface area (Å²) >= 11 is 0. The molecule has 12 heavy (non-hydrogen) atoms. The zero-order chi connectivity index (χ0) is 8.72. The van der Waals surface area contributed by atoms with Crippen LogP contribution in [0.5, 0.6) is 0 Å². The third-order valence-electron chi connectivity index (χ3n) is 2.96. The number of hydrogen-bond acceptors (Lipinski definition) is 2. The summed E-state index contributed by atoms with van der Waals surface area (Å²) in [6, 6.07) is 0.0851. The molecule has 2 bridgehead atoms. The molecule has 0 aromatic carbocycles. The number of piperidine rings is 1. The van der Waals surface area contributed by atoms with Crippen LogP contribution in [0.15, 0.2) is 0 Å². The number of rotatable bonds is 0. The maximum Gasteiger partial charge on any atom is 0.315 e. The van der Waals surface area contributed by atoms with E-state index in [2.05, 4.69) is 0 Å². The molecule has 2 fully saturated rings. The van der Waals surface area contributed by atoms with Gasteiger partial charge in [-0.05, 0) is 25.7 Å². The lowest BCUT2D eigenvalue weighted by atomic mass is 10.0. The maximum atomic E-state index is 11.0. The average Bonchev–Trinajstić information content (AvgIpc) is 2.24. The highest BCUT2D eigenvalue weighted by molar-refractivity contribution is 5.73. The standard InChI is InChI=1S/C8H14N2O2/c9-8(12)10-5-1-2-6(10)4-7(11)3-5/h5-7,11H,1-4H2,(H2,9,12)/t5-,6-/m0/s1. The predicted molar refractivity (Wildman–Crippen MR) is 43.5 cm³/mol. The van der Waals surface area contributed by atoms with Gasteiger partial charge in [0.05, 0.1) is 6.10 Å². The van der Waals surface area contributed by atoms with Crippen molar-refractivity contribution in [3.63, 3.8) is 0 Å². The van der Waals surface area contributed by atoms with Crippen molar-refractivity contribution in [2.45, 2.75) is 43.9 Å². The van der Waals surface area contributed by atoms with Gasteiger partial charge in [-0.3, -0.25) is 0 Å². The second-order valence-electron chi connectivity index (χ2n) is 3.76. The first-order valence-electron chi connectivity index (χ1n) is 4.44. The Hall–Kier alpha value is -0.770. The zero-order valence-electron chi connectivity index (χ0n) is 6.94. The van der Waals surface area contributed by atoms with Crippen LogP contribution in [0.3, 0.4) is 0 Å². The SMILES string of the molecule is NC(=O)N1[C@H]2CC[C@H]1CC(O)C2. The molecule has 3 N–H and O–H groups in total. The second-order valence-corrected chi connectivity index (χ2v) is 3.76. The van der Waals surface area contributed by atoms with Gasteiger partial charge in [-0.25, -0.2) is 4.79 Å². The molecule has 0 aliphatic carbocycles. The molecule has 0 aromatic heterocycles. The predicted octanol–water partition coefficient (Wildman–Crippen LogP) is 0.0528. The van der Waals surface area contributed by atoms with Crippen molar-refractivity contribution >= 4 is 6.03 Å². The van der Waals surface area contributed by atoms with Crippen molar-refractivity contribution in [1.82, 2.24) is 4.90 Å². The molecular weight excluding hydrogens is 156 g/mol. The highest BCUT2D eigenvalue weighted by Crippen LogP contribution is 2.35. The van der Waals surface area contributed by atoms with Gasteiger partial charge < -0.3 is 15.7 Å². The largest absolute Gasteiger partial charge is 0.393 e. The van der Waals surface area contributed by atoms with E-state index in [1.807, 2.05) is 0 Å². The Bertz CT molecular complexity index is 193. The van der Waals surface area contributed by atoms with Crippen molar-refractivity contribution in [3.05, 3.63) is 0 Å². The minimum Gasteiger partial charge on any atom is -0.393 e. The number of carbonyl (C=O) groups excluding carboxylic acids is 1. The van der Waals surface area contributed by atoms with Crippen molar-refractivity contribution < 1.29 is 9.90 Å². The van der Waals surface area contributed by atoms with Crippen LogP contribution in [0.25, 0.3) is 0 Å². The summed E-state index contributed by atoms with van der Waals surface area (Å²) in [7, 11) is 0. The van der Waals surface area contributed by atoms with E-state index in [1.165, 1.54) is 0 Å². The molecule has 0 unspecified atom stereocenters. The molecule has 0 aromatic rings. The Morgan fingerprint density at radius 1 is 1.33 bits per heavy atom. The van der Waals surface area contributed by atoms with E-state index in [0.717, 1.165) is 12.8 Å². The summed E-state index contributed by atoms with van der Waals surface area (Å²) < 4.78 is 0. The van der Waals surface area contributed by atoms with Gasteiger partial charge in [0.15, 0.2) is 0 Å². The lowest BCUT2D eigenvalue weighted by Gasteiger charge is -2.35. The van der Waals surface area contributed by atoms with E-state index in [1.54, 1.807) is 4.90 Å². The Morgan fingerprint density at radius 3 is 2.25 bits per heavy atom. The first-order valence-corrected chi connectivity index (χ1v) is 4.44. The molecule has 2 amide bonds. The molecular formula is C8H14N2O2. The highest BCUT2D eigenvalue weighted by Gasteiger charge is 2.41. The Balaban J connectivity index is 2.14. The average molecular weight is 170 g/mol. The number of nitrogens with zero attached hydrogens (tertiary/aromatic N) is 1. The van der Waals surface area contributed by atoms with Gasteiger partial charge in [-0.2, -0.15) is 0 Å². The van der Waals surface area contributed by atoms with E-state index >= 15 is 0 Å². The van der Waals surface area contributed by atoms with Crippen molar-refractivity contribution in [3.8, 4) is 0 Å². The van der Waals surface area contributed by atoms with E-state index in [4.69, 9.17) is 5.73 Å². The van der Waals surface area contributed by atoms with E-state index in [0.29, 0.717) is 12.8 Å². The van der Waals surface area contributed by atoms with Crippen LogP contribution in [0.1, 0.15) is 25.7 Å². The third kappa shape index (κ3) is 1.06. The summed E-state index contributed by atoms with van der Waals surface area (Å²) in [5, 5.41) is 9.41. The number of nitrogens with two attached hydrogens (primary N) is 1. The fourth-order valence-corrected chi connectivity index (χ4v) is 2.51. The molecule has 2 heterocycles. The smallest absolute Gasteiger partial charge is 0.315 e. The topological polar surface area (TPSA) is 66.6 Å². The molecule has 2 rings (SSSR count). The van der Waals surface area contributed by atoms with E-state index in [9.17, 15) is 9.90 Å². The molecule has 0 radical (unpaired) electrons. The normalized spacial score (nSPS) is 40.1. The fourth-order valence-electron chi connectivity index (χ4n) is 2.51. The first kappa shape index (κ1) is 7.86. The fraction of sp³-hybridized carbons (Fsp3) is 0.875. The van der Waals surface area contributed by atoms with Crippen LogP contribution in [-0.4, -0.2) is 34.2 Å². The number of primary amides is 1. The van der Waals surface area contributed by atoms with Gasteiger partial charge in [-0.1, -0.05) is 0 Å². The molecule has 2 atom stereocenters. The number of aliphatic hydroxyl groups excluding tert-OH is 1. The lowest BCUT2D eigenvalue weighted by molar-refractivity contribution is 0.0568. The van der Waals surface area contributed by atoms with Crippen molar-refractivity contribution in [2.75, 3.05) is 0 Å². The van der Waals surface area contributed by atoms with Crippen LogP contribution in [0, 0.1) is 0 Å². The van der Waals surface area contributed by atoms with Gasteiger partial charge >= 0.3 is 6.03 Å². The molecule has 68 valence electrons. The van der Waals surface area contributed by atoms with Gasteiger partial charge in [0.25, 0.3) is 0 Å². The second kappa shape index (κ2) is 2.62. The van der Waals surface area contributed by atoms with Crippen LogP contribution in [-0.2, 0) is 0 Å². The monoisotopic (exact) mass is 170 g/mol. The van der Waals surface area contributed by atoms with Crippen LogP contribution in [0.2, 0.25) is 0 Å². The maximum absolute atomic E-state index is 11.0. The Labute approximate surface area is 71.3 Å². The Kier molecular flexibility index (Phi) is 1.72. The van der Waals surface area contributed by atoms with Gasteiger partial charge in [0.2, 0.25) is 0 Å². The zero-order valence-corrected chi connectivity index (χ0v) is 6.94. The first-order chi connectivity index (χ1) is 5.68. The number of hydrogen-bond donors (Lipinski definition) is 2. The van der Waals surface area contributed by atoms with E-state index < -0.39 is 0 Å². The molecule has 4 nitrogen and oxygen atoms in total. The lowest BCUT2D eigenvalue weighted by Crippen LogP contribution is -2.50. The molecule has 4 heteroatoms. The summed E-state index contributed by atoms with van der Waals surface area (Å²) in [5.41, 5.74) is 5.24. The van der Waals surface area contributed by atoms with Crippen molar-refractivity contribution in [2.24, 2.45) is 5.73 Å². The molecule has 2 saturated heterocycles. The molecule has 0 spiro atoms. The number of aliphatic hydroxyl groups is 1. The number of fused-ring (bicyclic) bond motifs is 2. The molecule has 0 saturated carbocycles.